The molecule has 188 valence electrons. The average Bonchev–Trinajstić information content (AvgIpc) is 2.91. The Morgan fingerprint density at radius 1 is 0.946 bits per heavy atom. The maximum atomic E-state index is 13.2. The van der Waals surface area contributed by atoms with Crippen LogP contribution in [-0.2, 0) is 11.4 Å². The monoisotopic (exact) mass is 576 g/mol. The van der Waals surface area contributed by atoms with Crippen LogP contribution in [0.3, 0.4) is 0 Å². The lowest BCUT2D eigenvalue weighted by atomic mass is 9.91. The van der Waals surface area contributed by atoms with Crippen molar-refractivity contribution in [2.75, 3.05) is 6.61 Å². The summed E-state index contributed by atoms with van der Waals surface area (Å²) in [6.45, 7) is 2.66. The molecule has 0 bridgehead atoms. The summed E-state index contributed by atoms with van der Waals surface area (Å²) >= 11 is 9.84. The fraction of sp³-hybridized carbons (Fsp3) is 0.133. The first-order chi connectivity index (χ1) is 18.1. The Hall–Kier alpha value is -3.61. The molecule has 0 atom stereocenters. The minimum Gasteiger partial charge on any atom is -0.490 e. The van der Waals surface area contributed by atoms with Crippen molar-refractivity contribution in [2.24, 2.45) is 5.10 Å². The van der Waals surface area contributed by atoms with Gasteiger partial charge in [-0.05, 0) is 57.7 Å². The molecule has 0 radical (unpaired) electrons. The van der Waals surface area contributed by atoms with E-state index >= 15 is 0 Å². The van der Waals surface area contributed by atoms with Gasteiger partial charge in [0.2, 0.25) is 0 Å². The maximum Gasteiger partial charge on any atom is 0.252 e. The Kier molecular flexibility index (Phi) is 9.35. The van der Waals surface area contributed by atoms with E-state index in [0.717, 1.165) is 22.3 Å². The van der Waals surface area contributed by atoms with Crippen LogP contribution in [-0.4, -0.2) is 18.7 Å². The molecule has 4 aromatic rings. The minimum atomic E-state index is -0.481. The van der Waals surface area contributed by atoms with Crippen molar-refractivity contribution in [1.82, 2.24) is 5.43 Å². The fourth-order valence-corrected chi connectivity index (χ4v) is 4.62. The van der Waals surface area contributed by atoms with Crippen LogP contribution < -0.4 is 14.9 Å². The van der Waals surface area contributed by atoms with Gasteiger partial charge in [0.15, 0.2) is 11.5 Å². The van der Waals surface area contributed by atoms with Gasteiger partial charge in [-0.15, -0.1) is 0 Å². The molecular weight excluding hydrogens is 552 g/mol. The maximum absolute atomic E-state index is 13.2. The zero-order valence-electron chi connectivity index (χ0n) is 20.2. The summed E-state index contributed by atoms with van der Waals surface area (Å²) in [5.74, 6) is 0.419. The topological polar surface area (TPSA) is 59.9 Å². The van der Waals surface area contributed by atoms with Crippen molar-refractivity contribution < 1.29 is 14.3 Å². The van der Waals surface area contributed by atoms with E-state index in [-0.39, 0.29) is 5.91 Å². The second-order valence-electron chi connectivity index (χ2n) is 8.13. The zero-order chi connectivity index (χ0) is 26.0. The Morgan fingerprint density at radius 3 is 2.19 bits per heavy atom. The van der Waals surface area contributed by atoms with E-state index in [2.05, 4.69) is 26.5 Å². The number of hydrazone groups is 1. The molecule has 1 amide bonds. The number of ether oxygens (including phenoxy) is 2. The molecule has 7 heteroatoms. The molecule has 0 saturated carbocycles. The van der Waals surface area contributed by atoms with E-state index < -0.39 is 5.92 Å². The fourth-order valence-electron chi connectivity index (χ4n) is 3.85. The minimum absolute atomic E-state index is 0.225. The molecule has 0 aliphatic carbocycles. The second kappa shape index (κ2) is 13.1. The lowest BCUT2D eigenvalue weighted by Gasteiger charge is -2.16. The van der Waals surface area contributed by atoms with Crippen molar-refractivity contribution >= 4 is 39.7 Å². The van der Waals surface area contributed by atoms with Crippen LogP contribution in [0.1, 0.15) is 35.1 Å². The number of nitrogens with one attached hydrogen (secondary N) is 1. The standard InChI is InChI=1S/C30H26BrClN2O3/c1-2-36-27-18-21(17-25(31)29(27)37-20-24-15-9-10-16-26(24)32)19-33-34-30(35)28(22-11-5-3-6-12-22)23-13-7-4-8-14-23/h3-19,28H,2,20H2,1H3,(H,34,35)/b33-19+. The van der Waals surface area contributed by atoms with E-state index in [1.807, 2.05) is 104 Å². The summed E-state index contributed by atoms with van der Waals surface area (Å²) in [6.07, 6.45) is 1.58. The number of hydrogen-bond acceptors (Lipinski definition) is 4. The van der Waals surface area contributed by atoms with Crippen LogP contribution in [0.2, 0.25) is 5.02 Å². The van der Waals surface area contributed by atoms with E-state index in [1.165, 1.54) is 0 Å². The van der Waals surface area contributed by atoms with Crippen molar-refractivity contribution in [1.29, 1.82) is 0 Å². The van der Waals surface area contributed by atoms with Crippen LogP contribution in [0.15, 0.2) is 107 Å². The Morgan fingerprint density at radius 2 is 1.57 bits per heavy atom. The lowest BCUT2D eigenvalue weighted by molar-refractivity contribution is -0.121. The molecule has 1 N–H and O–H groups in total. The van der Waals surface area contributed by atoms with Gasteiger partial charge in [-0.3, -0.25) is 4.79 Å². The van der Waals surface area contributed by atoms with Gasteiger partial charge in [0.05, 0.1) is 23.2 Å². The molecule has 37 heavy (non-hydrogen) atoms. The number of rotatable bonds is 10. The normalized spacial score (nSPS) is 11.0. The summed E-state index contributed by atoms with van der Waals surface area (Å²) in [7, 11) is 0. The van der Waals surface area contributed by atoms with Crippen molar-refractivity contribution in [3.05, 3.63) is 129 Å². The Labute approximate surface area is 230 Å². The predicted molar refractivity (Wildman–Crippen MR) is 152 cm³/mol. The summed E-state index contributed by atoms with van der Waals surface area (Å²) in [5, 5.41) is 4.87. The summed E-state index contributed by atoms with van der Waals surface area (Å²) in [4.78, 5) is 13.2. The number of hydrogen-bond donors (Lipinski definition) is 1. The van der Waals surface area contributed by atoms with Gasteiger partial charge in [-0.25, -0.2) is 5.43 Å². The Balaban J connectivity index is 1.51. The summed E-state index contributed by atoms with van der Waals surface area (Å²) in [5.41, 5.74) is 6.08. The van der Waals surface area contributed by atoms with E-state index in [0.29, 0.717) is 34.2 Å². The van der Waals surface area contributed by atoms with Crippen LogP contribution in [0.25, 0.3) is 0 Å². The largest absolute Gasteiger partial charge is 0.490 e. The van der Waals surface area contributed by atoms with E-state index in [9.17, 15) is 4.79 Å². The molecule has 5 nitrogen and oxygen atoms in total. The van der Waals surface area contributed by atoms with Crippen molar-refractivity contribution in [2.45, 2.75) is 19.4 Å². The molecule has 0 fully saturated rings. The number of halogens is 2. The summed E-state index contributed by atoms with van der Waals surface area (Å²) in [6, 6.07) is 30.5. The molecule has 0 heterocycles. The molecule has 4 rings (SSSR count). The third-order valence-electron chi connectivity index (χ3n) is 5.58. The first-order valence-corrected chi connectivity index (χ1v) is 13.0. The van der Waals surface area contributed by atoms with Gasteiger partial charge in [0.25, 0.3) is 5.91 Å². The number of amides is 1. The third-order valence-corrected chi connectivity index (χ3v) is 6.54. The Bertz CT molecular complexity index is 1320. The molecule has 0 unspecified atom stereocenters. The van der Waals surface area contributed by atoms with Crippen molar-refractivity contribution in [3.63, 3.8) is 0 Å². The number of carbonyl (C=O) groups is 1. The van der Waals surface area contributed by atoms with Gasteiger partial charge in [0, 0.05) is 10.6 Å². The van der Waals surface area contributed by atoms with Crippen LogP contribution in [0, 0.1) is 0 Å². The molecular formula is C30H26BrClN2O3. The van der Waals surface area contributed by atoms with Gasteiger partial charge in [-0.2, -0.15) is 5.10 Å². The third kappa shape index (κ3) is 7.00. The highest BCUT2D eigenvalue weighted by atomic mass is 79.9. The highest BCUT2D eigenvalue weighted by Gasteiger charge is 2.22. The molecule has 0 aliphatic heterocycles. The van der Waals surface area contributed by atoms with E-state index in [4.69, 9.17) is 21.1 Å². The molecule has 4 aromatic carbocycles. The lowest BCUT2D eigenvalue weighted by Crippen LogP contribution is -2.26. The quantitative estimate of drug-likeness (QED) is 0.158. The zero-order valence-corrected chi connectivity index (χ0v) is 22.6. The number of benzene rings is 4. The first kappa shape index (κ1) is 26.5. The molecule has 0 aliphatic rings. The van der Waals surface area contributed by atoms with Crippen LogP contribution in [0.5, 0.6) is 11.5 Å². The first-order valence-electron chi connectivity index (χ1n) is 11.8. The molecule has 0 saturated heterocycles. The highest BCUT2D eigenvalue weighted by Crippen LogP contribution is 2.37. The van der Waals surface area contributed by atoms with Crippen LogP contribution >= 0.6 is 27.5 Å². The second-order valence-corrected chi connectivity index (χ2v) is 9.39. The average molecular weight is 578 g/mol. The molecule has 0 aromatic heterocycles. The number of nitrogens with zero attached hydrogens (tertiary/aromatic N) is 1. The predicted octanol–water partition coefficient (Wildman–Crippen LogP) is 7.36. The smallest absolute Gasteiger partial charge is 0.252 e. The van der Waals surface area contributed by atoms with Gasteiger partial charge < -0.3 is 9.47 Å². The van der Waals surface area contributed by atoms with E-state index in [1.54, 1.807) is 6.21 Å². The van der Waals surface area contributed by atoms with Crippen LogP contribution in [0.4, 0.5) is 0 Å². The molecule has 0 spiro atoms. The van der Waals surface area contributed by atoms with Crippen molar-refractivity contribution in [3.8, 4) is 11.5 Å². The number of carbonyl (C=O) groups excluding carboxylic acids is 1. The van der Waals surface area contributed by atoms with Gasteiger partial charge in [0.1, 0.15) is 6.61 Å². The SMILES string of the molecule is CCOc1cc(/C=N/NC(=O)C(c2ccccc2)c2ccccc2)cc(Br)c1OCc1ccccc1Cl. The highest BCUT2D eigenvalue weighted by molar-refractivity contribution is 9.10. The van der Waals surface area contributed by atoms with Gasteiger partial charge >= 0.3 is 0 Å². The summed E-state index contributed by atoms with van der Waals surface area (Å²) < 4.78 is 12.6. The van der Waals surface area contributed by atoms with Gasteiger partial charge in [-0.1, -0.05) is 90.5 Å².